The van der Waals surface area contributed by atoms with Gasteiger partial charge in [-0.3, -0.25) is 4.79 Å². The van der Waals surface area contributed by atoms with Crippen molar-refractivity contribution in [3.63, 3.8) is 0 Å². The molecule has 3 aromatic rings. The van der Waals surface area contributed by atoms with Crippen LogP contribution in [0.1, 0.15) is 54.8 Å². The van der Waals surface area contributed by atoms with Crippen molar-refractivity contribution in [2.75, 3.05) is 13.2 Å². The first-order valence-electron chi connectivity index (χ1n) is 10.9. The van der Waals surface area contributed by atoms with Crippen LogP contribution in [0.15, 0.2) is 70.2 Å². The van der Waals surface area contributed by atoms with Crippen LogP contribution in [0, 0.1) is 0 Å². The molecule has 1 N–H and O–H groups in total. The van der Waals surface area contributed by atoms with Gasteiger partial charge in [-0.05, 0) is 61.2 Å². The van der Waals surface area contributed by atoms with Gasteiger partial charge in [-0.2, -0.15) is 5.10 Å². The molecule has 0 saturated carbocycles. The zero-order valence-corrected chi connectivity index (χ0v) is 19.0. The Morgan fingerprint density at radius 1 is 1.03 bits per heavy atom. The van der Waals surface area contributed by atoms with Crippen LogP contribution >= 0.6 is 0 Å². The molecule has 0 fully saturated rings. The molecular formula is C26H28N2O5. The fourth-order valence-corrected chi connectivity index (χ4v) is 3.04. The van der Waals surface area contributed by atoms with Crippen molar-refractivity contribution in [1.29, 1.82) is 0 Å². The van der Waals surface area contributed by atoms with Crippen molar-refractivity contribution in [1.82, 2.24) is 5.43 Å². The lowest BCUT2D eigenvalue weighted by molar-refractivity contribution is -0.123. The third-order valence-electron chi connectivity index (χ3n) is 5.12. The Labute approximate surface area is 193 Å². The summed E-state index contributed by atoms with van der Waals surface area (Å²) in [5, 5.41) is 3.91. The molecule has 0 aliphatic heterocycles. The van der Waals surface area contributed by atoms with Gasteiger partial charge in [0.05, 0.1) is 18.4 Å². The lowest BCUT2D eigenvalue weighted by Crippen LogP contribution is -2.24. The summed E-state index contributed by atoms with van der Waals surface area (Å²) >= 11 is 0. The third-order valence-corrected chi connectivity index (χ3v) is 5.12. The van der Waals surface area contributed by atoms with E-state index in [2.05, 4.69) is 24.4 Å². The van der Waals surface area contributed by atoms with Crippen molar-refractivity contribution in [3.05, 3.63) is 77.6 Å². The number of carbonyl (C=O) groups is 2. The molecule has 7 heteroatoms. The van der Waals surface area contributed by atoms with Crippen LogP contribution in [0.4, 0.5) is 0 Å². The van der Waals surface area contributed by atoms with E-state index >= 15 is 0 Å². The molecule has 0 radical (unpaired) electrons. The number of carbonyl (C=O) groups excluding carboxylic acids is 2. The lowest BCUT2D eigenvalue weighted by Gasteiger charge is -2.10. The van der Waals surface area contributed by atoms with Crippen LogP contribution in [0.5, 0.6) is 5.75 Å². The molecule has 1 heterocycles. The van der Waals surface area contributed by atoms with Gasteiger partial charge in [0.25, 0.3) is 5.91 Å². The van der Waals surface area contributed by atoms with Crippen molar-refractivity contribution in [3.8, 4) is 17.1 Å². The van der Waals surface area contributed by atoms with E-state index in [0.29, 0.717) is 35.4 Å². The second-order valence-corrected chi connectivity index (χ2v) is 7.46. The molecule has 1 amide bonds. The molecule has 3 rings (SSSR count). The van der Waals surface area contributed by atoms with Gasteiger partial charge in [0.1, 0.15) is 17.3 Å². The molecule has 0 saturated heterocycles. The molecule has 172 valence electrons. The molecule has 2 aromatic carbocycles. The van der Waals surface area contributed by atoms with Gasteiger partial charge < -0.3 is 13.9 Å². The minimum absolute atomic E-state index is 0.143. The van der Waals surface area contributed by atoms with E-state index in [0.717, 1.165) is 12.0 Å². The highest BCUT2D eigenvalue weighted by Gasteiger charge is 2.09. The van der Waals surface area contributed by atoms with Gasteiger partial charge in [-0.1, -0.05) is 38.1 Å². The normalized spacial score (nSPS) is 11.8. The number of hydrogen-bond donors (Lipinski definition) is 1. The molecule has 0 aliphatic rings. The van der Waals surface area contributed by atoms with Gasteiger partial charge in [-0.15, -0.1) is 0 Å². The summed E-state index contributed by atoms with van der Waals surface area (Å²) in [4.78, 5) is 23.7. The Morgan fingerprint density at radius 2 is 1.76 bits per heavy atom. The van der Waals surface area contributed by atoms with Crippen molar-refractivity contribution in [2.45, 2.75) is 33.1 Å². The Bertz CT molecular complexity index is 1080. The van der Waals surface area contributed by atoms with Crippen LogP contribution in [-0.4, -0.2) is 31.3 Å². The van der Waals surface area contributed by atoms with Crippen LogP contribution in [0.3, 0.4) is 0 Å². The summed E-state index contributed by atoms with van der Waals surface area (Å²) in [6.07, 6.45) is 2.48. The number of hydrazone groups is 1. The lowest BCUT2D eigenvalue weighted by atomic mass is 9.99. The van der Waals surface area contributed by atoms with E-state index < -0.39 is 0 Å². The quantitative estimate of drug-likeness (QED) is 0.263. The van der Waals surface area contributed by atoms with Gasteiger partial charge in [-0.25, -0.2) is 10.2 Å². The van der Waals surface area contributed by atoms with E-state index in [-0.39, 0.29) is 18.5 Å². The maximum atomic E-state index is 12.0. The van der Waals surface area contributed by atoms with Crippen LogP contribution in [0.25, 0.3) is 11.3 Å². The van der Waals surface area contributed by atoms with Crippen molar-refractivity contribution in [2.24, 2.45) is 5.10 Å². The number of amides is 1. The van der Waals surface area contributed by atoms with Crippen LogP contribution in [0.2, 0.25) is 0 Å². The standard InChI is InChI=1S/C26H28N2O5/c1-4-18(3)19-10-12-22(13-11-19)32-17-25(29)28-27-16-23-14-15-24(33-23)20-6-8-21(9-7-20)26(30)31-5-2/h6-16,18H,4-5,17H2,1-3H3,(H,28,29)/b27-16-. The van der Waals surface area contributed by atoms with E-state index in [4.69, 9.17) is 13.9 Å². The highest BCUT2D eigenvalue weighted by Crippen LogP contribution is 2.23. The minimum Gasteiger partial charge on any atom is -0.484 e. The van der Waals surface area contributed by atoms with Crippen molar-refractivity contribution >= 4 is 18.1 Å². The first-order valence-corrected chi connectivity index (χ1v) is 10.9. The summed E-state index contributed by atoms with van der Waals surface area (Å²) in [6, 6.07) is 18.2. The van der Waals surface area contributed by atoms with Crippen LogP contribution in [-0.2, 0) is 9.53 Å². The molecule has 0 aliphatic carbocycles. The molecular weight excluding hydrogens is 420 g/mol. The largest absolute Gasteiger partial charge is 0.484 e. The molecule has 0 bridgehead atoms. The highest BCUT2D eigenvalue weighted by molar-refractivity contribution is 5.90. The number of rotatable bonds is 10. The van der Waals surface area contributed by atoms with E-state index in [1.807, 2.05) is 24.3 Å². The van der Waals surface area contributed by atoms with Crippen molar-refractivity contribution < 1.29 is 23.5 Å². The molecule has 1 aromatic heterocycles. The second kappa shape index (κ2) is 11.7. The molecule has 0 spiro atoms. The number of esters is 1. The number of hydrogen-bond acceptors (Lipinski definition) is 6. The van der Waals surface area contributed by atoms with Gasteiger partial charge in [0, 0.05) is 5.56 Å². The number of benzene rings is 2. The minimum atomic E-state index is -0.376. The average Bonchev–Trinajstić information content (AvgIpc) is 3.32. The monoisotopic (exact) mass is 448 g/mol. The number of ether oxygens (including phenoxy) is 2. The topological polar surface area (TPSA) is 90.1 Å². The van der Waals surface area contributed by atoms with Gasteiger partial charge in [0.2, 0.25) is 0 Å². The Hall–Kier alpha value is -3.87. The fraction of sp³-hybridized carbons (Fsp3) is 0.269. The average molecular weight is 449 g/mol. The van der Waals surface area contributed by atoms with Gasteiger partial charge >= 0.3 is 5.97 Å². The van der Waals surface area contributed by atoms with Gasteiger partial charge in [0.15, 0.2) is 6.61 Å². The summed E-state index contributed by atoms with van der Waals surface area (Å²) in [6.45, 7) is 6.27. The predicted molar refractivity (Wildman–Crippen MR) is 126 cm³/mol. The van der Waals surface area contributed by atoms with E-state index in [1.165, 1.54) is 11.8 Å². The zero-order chi connectivity index (χ0) is 23.6. The highest BCUT2D eigenvalue weighted by atomic mass is 16.5. The second-order valence-electron chi connectivity index (χ2n) is 7.46. The first-order chi connectivity index (χ1) is 16.0. The molecule has 1 unspecified atom stereocenters. The molecule has 1 atom stereocenters. The maximum Gasteiger partial charge on any atom is 0.338 e. The number of furan rings is 1. The summed E-state index contributed by atoms with van der Waals surface area (Å²) < 4.78 is 16.2. The Morgan fingerprint density at radius 3 is 2.42 bits per heavy atom. The Balaban J connectivity index is 1.48. The third kappa shape index (κ3) is 6.80. The van der Waals surface area contributed by atoms with Crippen LogP contribution < -0.4 is 10.2 Å². The Kier molecular flexibility index (Phi) is 8.41. The summed E-state index contributed by atoms with van der Waals surface area (Å²) in [7, 11) is 0. The smallest absolute Gasteiger partial charge is 0.338 e. The zero-order valence-electron chi connectivity index (χ0n) is 19.0. The first kappa shape index (κ1) is 23.8. The SMILES string of the molecule is CCOC(=O)c1ccc(-c2ccc(/C=N\NC(=O)COc3ccc(C(C)CC)cc3)o2)cc1. The molecule has 33 heavy (non-hydrogen) atoms. The summed E-state index contributed by atoms with van der Waals surface area (Å²) in [5.41, 5.74) is 4.94. The number of nitrogens with one attached hydrogen (secondary N) is 1. The summed E-state index contributed by atoms with van der Waals surface area (Å²) in [5.74, 6) is 1.47. The maximum absolute atomic E-state index is 12.0. The number of nitrogens with zero attached hydrogens (tertiary/aromatic N) is 1. The molecule has 7 nitrogen and oxygen atoms in total. The van der Waals surface area contributed by atoms with E-state index in [1.54, 1.807) is 43.3 Å². The van der Waals surface area contributed by atoms with E-state index in [9.17, 15) is 9.59 Å². The predicted octanol–water partition coefficient (Wildman–Crippen LogP) is 5.17. The fourth-order valence-electron chi connectivity index (χ4n) is 3.04.